The van der Waals surface area contributed by atoms with Crippen LogP contribution >= 0.6 is 11.3 Å². The van der Waals surface area contributed by atoms with Crippen LogP contribution < -0.4 is 0 Å². The summed E-state index contributed by atoms with van der Waals surface area (Å²) in [5.41, 5.74) is 10.9. The first-order valence-electron chi connectivity index (χ1n) is 12.4. The lowest BCUT2D eigenvalue weighted by atomic mass is 10.0. The second-order valence-corrected chi connectivity index (χ2v) is 22.2. The maximum Gasteiger partial charge on any atom is 0.143 e. The van der Waals surface area contributed by atoms with Gasteiger partial charge in [-0.3, -0.25) is 0 Å². The molecule has 0 N–H and O–H groups in total. The summed E-state index contributed by atoms with van der Waals surface area (Å²) in [5, 5.41) is 7.31. The fourth-order valence-corrected chi connectivity index (χ4v) is 6.86. The van der Waals surface area contributed by atoms with E-state index < -0.39 is 16.1 Å². The lowest BCUT2D eigenvalue weighted by molar-refractivity contribution is 0.672. The fraction of sp³-hybridized carbons (Fsp3) is 0.188. The first-order valence-corrected chi connectivity index (χ1v) is 20.2. The molecule has 6 aromatic rings. The Morgan fingerprint density at radius 2 is 1.08 bits per heavy atom. The smallest absolute Gasteiger partial charge is 0.143 e. The highest BCUT2D eigenvalue weighted by atomic mass is 32.1. The van der Waals surface area contributed by atoms with Gasteiger partial charge in [0.15, 0.2) is 0 Å². The van der Waals surface area contributed by atoms with E-state index in [0.717, 1.165) is 38.5 Å². The summed E-state index contributed by atoms with van der Waals surface area (Å²) in [6.45, 7) is 13.6. The van der Waals surface area contributed by atoms with Gasteiger partial charge in [-0.05, 0) is 42.5 Å². The number of fused-ring (bicyclic) bond motifs is 9. The van der Waals surface area contributed by atoms with E-state index >= 15 is 0 Å². The lowest BCUT2D eigenvalue weighted by Gasteiger charge is -2.03. The Labute approximate surface area is 218 Å². The summed E-state index contributed by atoms with van der Waals surface area (Å²) in [5.74, 6) is 6.78. The van der Waals surface area contributed by atoms with Gasteiger partial charge in [0.25, 0.3) is 0 Å². The maximum atomic E-state index is 6.48. The van der Waals surface area contributed by atoms with Crippen LogP contribution in [0.3, 0.4) is 0 Å². The molecule has 0 fully saturated rings. The quantitative estimate of drug-likeness (QED) is 0.145. The third kappa shape index (κ3) is 4.16. The highest BCUT2D eigenvalue weighted by Gasteiger charge is 2.15. The van der Waals surface area contributed by atoms with E-state index in [-0.39, 0.29) is 0 Å². The zero-order valence-corrected chi connectivity index (χ0v) is 24.4. The highest BCUT2D eigenvalue weighted by molar-refractivity contribution is 7.26. The minimum atomic E-state index is -1.43. The van der Waals surface area contributed by atoms with Gasteiger partial charge in [0, 0.05) is 52.8 Å². The molecule has 36 heavy (non-hydrogen) atoms. The van der Waals surface area contributed by atoms with Crippen LogP contribution in [0.1, 0.15) is 11.1 Å². The first-order chi connectivity index (χ1) is 17.1. The second-order valence-electron chi connectivity index (χ2n) is 11.6. The Balaban J connectivity index is 1.53. The van der Waals surface area contributed by atoms with E-state index in [0.29, 0.717) is 0 Å². The molecule has 176 valence electrons. The Bertz CT molecular complexity index is 1820. The number of rotatable bonds is 0. The number of benzene rings is 4. The molecule has 6 rings (SSSR count). The van der Waals surface area contributed by atoms with Crippen LogP contribution in [-0.4, -0.2) is 16.1 Å². The van der Waals surface area contributed by atoms with Crippen LogP contribution in [0.25, 0.3) is 52.9 Å². The van der Waals surface area contributed by atoms with Crippen LogP contribution in [0.4, 0.5) is 0 Å². The van der Waals surface area contributed by atoms with Crippen molar-refractivity contribution in [2.24, 2.45) is 0 Å². The third-order valence-corrected chi connectivity index (χ3v) is 9.18. The molecule has 4 aromatic carbocycles. The van der Waals surface area contributed by atoms with E-state index in [2.05, 4.69) is 123 Å². The zero-order valence-electron chi connectivity index (χ0n) is 21.6. The molecule has 0 bridgehead atoms. The van der Waals surface area contributed by atoms with Crippen molar-refractivity contribution in [1.82, 2.24) is 0 Å². The highest BCUT2D eigenvalue weighted by Crippen LogP contribution is 2.42. The van der Waals surface area contributed by atoms with Gasteiger partial charge in [-0.1, -0.05) is 69.3 Å². The van der Waals surface area contributed by atoms with E-state index in [1.165, 1.54) is 25.6 Å². The Morgan fingerprint density at radius 1 is 0.583 bits per heavy atom. The standard InChI is InChI=1S/C32H28OSSi2/c1-35(2,3)17-15-21-7-9-23-25-11-14-28-26(31(25)33-29(23)19-21)12-13-27-24-10-8-22(16-18-36(4,5)6)20-30(24)34-32(27)28/h7-14,19-20H,1-6H3. The normalized spacial score (nSPS) is 12.3. The number of hydrogen-bond donors (Lipinski definition) is 0. The largest absolute Gasteiger partial charge is 0.455 e. The average Bonchev–Trinajstić information content (AvgIpc) is 3.38. The summed E-state index contributed by atoms with van der Waals surface area (Å²) in [6, 6.07) is 22.0. The zero-order chi connectivity index (χ0) is 25.2. The molecular weight excluding hydrogens is 489 g/mol. The minimum Gasteiger partial charge on any atom is -0.455 e. The third-order valence-electron chi connectivity index (χ3n) is 6.23. The van der Waals surface area contributed by atoms with Crippen LogP contribution in [-0.2, 0) is 0 Å². The fourth-order valence-electron chi connectivity index (χ4n) is 4.55. The molecule has 1 nitrogen and oxygen atoms in total. The molecule has 2 aromatic heterocycles. The van der Waals surface area contributed by atoms with Crippen molar-refractivity contribution >= 4 is 80.4 Å². The average molecular weight is 517 g/mol. The van der Waals surface area contributed by atoms with Gasteiger partial charge in [-0.25, -0.2) is 0 Å². The molecule has 0 unspecified atom stereocenters. The summed E-state index contributed by atoms with van der Waals surface area (Å²) in [7, 11) is -2.84. The molecular formula is C32H28OSSi2. The summed E-state index contributed by atoms with van der Waals surface area (Å²) in [6.07, 6.45) is 0. The molecule has 0 radical (unpaired) electrons. The van der Waals surface area contributed by atoms with E-state index in [9.17, 15) is 0 Å². The number of furan rings is 1. The van der Waals surface area contributed by atoms with Crippen LogP contribution in [0.2, 0.25) is 39.3 Å². The van der Waals surface area contributed by atoms with Crippen molar-refractivity contribution in [2.45, 2.75) is 39.3 Å². The summed E-state index contributed by atoms with van der Waals surface area (Å²) >= 11 is 1.85. The molecule has 0 aliphatic rings. The topological polar surface area (TPSA) is 13.1 Å². The van der Waals surface area contributed by atoms with Crippen molar-refractivity contribution in [1.29, 1.82) is 0 Å². The molecule has 0 aliphatic carbocycles. The predicted octanol–water partition coefficient (Wildman–Crippen LogP) is 9.56. The molecule has 2 heterocycles. The molecule has 0 amide bonds. The molecule has 4 heteroatoms. The van der Waals surface area contributed by atoms with Crippen LogP contribution in [0, 0.1) is 22.9 Å². The van der Waals surface area contributed by atoms with Crippen molar-refractivity contribution < 1.29 is 4.42 Å². The summed E-state index contributed by atoms with van der Waals surface area (Å²) in [4.78, 5) is 0. The Morgan fingerprint density at radius 3 is 1.72 bits per heavy atom. The number of thiophene rings is 1. The van der Waals surface area contributed by atoms with Crippen molar-refractivity contribution in [3.05, 3.63) is 71.8 Å². The van der Waals surface area contributed by atoms with Gasteiger partial charge in [0.1, 0.15) is 27.3 Å². The van der Waals surface area contributed by atoms with E-state index in [1.54, 1.807) is 0 Å². The van der Waals surface area contributed by atoms with Gasteiger partial charge >= 0.3 is 0 Å². The molecule has 0 saturated carbocycles. The molecule has 0 spiro atoms. The van der Waals surface area contributed by atoms with Crippen LogP contribution in [0.5, 0.6) is 0 Å². The monoisotopic (exact) mass is 516 g/mol. The minimum absolute atomic E-state index is 0.905. The molecule has 0 aliphatic heterocycles. The van der Waals surface area contributed by atoms with Gasteiger partial charge in [-0.15, -0.1) is 22.4 Å². The molecule has 0 atom stereocenters. The van der Waals surface area contributed by atoms with Crippen molar-refractivity contribution in [3.63, 3.8) is 0 Å². The first kappa shape index (κ1) is 23.1. The van der Waals surface area contributed by atoms with Crippen molar-refractivity contribution in [3.8, 4) is 22.9 Å². The van der Waals surface area contributed by atoms with Crippen molar-refractivity contribution in [2.75, 3.05) is 0 Å². The van der Waals surface area contributed by atoms with E-state index in [4.69, 9.17) is 4.42 Å². The number of hydrogen-bond acceptors (Lipinski definition) is 2. The van der Waals surface area contributed by atoms with Gasteiger partial charge < -0.3 is 4.42 Å². The SMILES string of the molecule is C[Si](C)(C)C#Cc1ccc2c(c1)oc1c2ccc2c1ccc1c3ccc(C#C[Si](C)(C)C)cc3sc12. The maximum absolute atomic E-state index is 6.48. The Kier molecular flexibility index (Phi) is 5.22. The predicted molar refractivity (Wildman–Crippen MR) is 165 cm³/mol. The second kappa shape index (κ2) is 8.12. The van der Waals surface area contributed by atoms with E-state index in [1.807, 2.05) is 11.3 Å². The van der Waals surface area contributed by atoms with Crippen LogP contribution in [0.15, 0.2) is 65.1 Å². The van der Waals surface area contributed by atoms with Gasteiger partial charge in [-0.2, -0.15) is 0 Å². The Hall–Kier alpha value is -3.29. The summed E-state index contributed by atoms with van der Waals surface area (Å²) < 4.78 is 9.07. The van der Waals surface area contributed by atoms with Gasteiger partial charge in [0.05, 0.1) is 0 Å². The van der Waals surface area contributed by atoms with Gasteiger partial charge in [0.2, 0.25) is 0 Å². The lowest BCUT2D eigenvalue weighted by Crippen LogP contribution is -2.16. The molecule has 0 saturated heterocycles.